The van der Waals surface area contributed by atoms with Crippen LogP contribution in [0.4, 0.5) is 0 Å². The Morgan fingerprint density at radius 2 is 1.90 bits per heavy atom. The third-order valence-corrected chi connectivity index (χ3v) is 7.44. The molecule has 1 saturated carbocycles. The fourth-order valence-corrected chi connectivity index (χ4v) is 5.50. The number of aromatic hydroxyl groups is 1. The van der Waals surface area contributed by atoms with E-state index < -0.39 is 0 Å². The lowest BCUT2D eigenvalue weighted by molar-refractivity contribution is 0.477. The van der Waals surface area contributed by atoms with Crippen LogP contribution >= 0.6 is 35.5 Å². The van der Waals surface area contributed by atoms with E-state index in [-0.39, 0.29) is 29.1 Å². The van der Waals surface area contributed by atoms with Crippen molar-refractivity contribution in [1.82, 2.24) is 4.98 Å². The quantitative estimate of drug-likeness (QED) is 0.375. The molecule has 0 unspecified atom stereocenters. The molecule has 0 radical (unpaired) electrons. The summed E-state index contributed by atoms with van der Waals surface area (Å²) in [5.41, 5.74) is 9.75. The van der Waals surface area contributed by atoms with Gasteiger partial charge in [-0.3, -0.25) is 4.79 Å². The number of H-pyrrole nitrogens is 1. The first kappa shape index (κ1) is 20.3. The Morgan fingerprint density at radius 3 is 2.52 bits per heavy atom. The predicted octanol–water partition coefficient (Wildman–Crippen LogP) is 5.25. The van der Waals surface area contributed by atoms with Gasteiger partial charge in [0.1, 0.15) is 5.75 Å². The first-order valence-electron chi connectivity index (χ1n) is 9.21. The van der Waals surface area contributed by atoms with Crippen LogP contribution in [0.1, 0.15) is 18.4 Å². The molecule has 0 saturated heterocycles. The first-order chi connectivity index (χ1) is 13.6. The number of aromatic amines is 1. The second-order valence-electron chi connectivity index (χ2n) is 7.44. The largest absolute Gasteiger partial charge is 0.507 e. The average Bonchev–Trinajstić information content (AvgIpc) is 3.35. The molecule has 29 heavy (non-hydrogen) atoms. The lowest BCUT2D eigenvalue weighted by atomic mass is 9.92. The van der Waals surface area contributed by atoms with Crippen molar-refractivity contribution in [1.29, 1.82) is 0 Å². The number of phenolic OH excluding ortho intramolecular Hbond substituents is 1. The Kier molecular flexibility index (Phi) is 5.15. The number of aromatic nitrogens is 1. The van der Waals surface area contributed by atoms with E-state index in [2.05, 4.69) is 29.2 Å². The fourth-order valence-electron chi connectivity index (χ4n) is 4.09. The number of hydrogen-bond donors (Lipinski definition) is 3. The van der Waals surface area contributed by atoms with Crippen molar-refractivity contribution in [3.8, 4) is 16.9 Å². The Labute approximate surface area is 182 Å². The molecule has 4 aromatic rings. The molecule has 4 nitrogen and oxygen atoms in total. The molecule has 0 bridgehead atoms. The number of hydrogen-bond acceptors (Lipinski definition) is 5. The molecule has 0 aliphatic heterocycles. The number of fused-ring (bicyclic) bond motifs is 3. The highest BCUT2D eigenvalue weighted by Crippen LogP contribution is 2.48. The van der Waals surface area contributed by atoms with E-state index in [4.69, 9.17) is 5.73 Å². The molecule has 1 aliphatic rings. The minimum Gasteiger partial charge on any atom is -0.507 e. The molecule has 1 fully saturated rings. The smallest absolute Gasteiger partial charge is 0.257 e. The zero-order chi connectivity index (χ0) is 19.5. The number of pyridine rings is 1. The summed E-state index contributed by atoms with van der Waals surface area (Å²) >= 11 is 3.01. The SMILES string of the molecule is CSc1cc(O)c(-c2ccc(C3(CN)CC3)cc2)c2c1[nH]c(=O)c1cscc12.Cl. The molecular weight excluding hydrogens is 424 g/mol. The topological polar surface area (TPSA) is 79.1 Å². The number of thioether (sulfide) groups is 1. The normalized spacial score (nSPS) is 14.8. The maximum Gasteiger partial charge on any atom is 0.257 e. The second-order valence-corrected chi connectivity index (χ2v) is 9.03. The van der Waals surface area contributed by atoms with Gasteiger partial charge in [0, 0.05) is 38.6 Å². The average molecular weight is 445 g/mol. The number of benzene rings is 2. The van der Waals surface area contributed by atoms with Crippen LogP contribution in [-0.2, 0) is 5.41 Å². The summed E-state index contributed by atoms with van der Waals surface area (Å²) in [4.78, 5) is 16.4. The second kappa shape index (κ2) is 7.36. The van der Waals surface area contributed by atoms with Gasteiger partial charge < -0.3 is 15.8 Å². The number of nitrogens with one attached hydrogen (secondary N) is 1. The molecular formula is C22H21ClN2O2S2. The summed E-state index contributed by atoms with van der Waals surface area (Å²) in [6.07, 6.45) is 4.22. The maximum absolute atomic E-state index is 12.5. The van der Waals surface area contributed by atoms with Crippen molar-refractivity contribution >= 4 is 57.2 Å². The highest BCUT2D eigenvalue weighted by molar-refractivity contribution is 7.98. The van der Waals surface area contributed by atoms with Crippen molar-refractivity contribution in [2.24, 2.45) is 5.73 Å². The molecule has 2 heterocycles. The standard InChI is InChI=1S/C22H20N2O2S2.ClH/c1-27-17-8-16(25)18(12-2-4-13(5-3-12)22(11-23)6-7-22)19-14-9-28-10-15(14)21(26)24-20(17)19;/h2-5,8-10,25H,6-7,11,23H2,1H3,(H,24,26);1H. The van der Waals surface area contributed by atoms with Crippen molar-refractivity contribution in [3.63, 3.8) is 0 Å². The highest BCUT2D eigenvalue weighted by atomic mass is 35.5. The van der Waals surface area contributed by atoms with E-state index in [1.54, 1.807) is 6.07 Å². The minimum atomic E-state index is -0.0929. The van der Waals surface area contributed by atoms with Crippen LogP contribution in [0.15, 0.2) is 50.8 Å². The van der Waals surface area contributed by atoms with E-state index in [0.717, 1.165) is 45.2 Å². The van der Waals surface area contributed by atoms with Gasteiger partial charge in [0.25, 0.3) is 5.56 Å². The van der Waals surface area contributed by atoms with E-state index >= 15 is 0 Å². The number of thiophene rings is 1. The monoisotopic (exact) mass is 444 g/mol. The van der Waals surface area contributed by atoms with Crippen LogP contribution in [0, 0.1) is 0 Å². The third-order valence-electron chi connectivity index (χ3n) is 5.93. The third kappa shape index (κ3) is 3.06. The van der Waals surface area contributed by atoms with Crippen LogP contribution in [0.25, 0.3) is 32.8 Å². The molecule has 0 spiro atoms. The Balaban J connectivity index is 0.00000205. The van der Waals surface area contributed by atoms with Gasteiger partial charge in [-0.25, -0.2) is 0 Å². The molecule has 7 heteroatoms. The molecule has 4 N–H and O–H groups in total. The summed E-state index contributed by atoms with van der Waals surface area (Å²) in [5.74, 6) is 0.226. The summed E-state index contributed by atoms with van der Waals surface area (Å²) < 4.78 is 0. The Hall–Kier alpha value is -1.99. The van der Waals surface area contributed by atoms with Crippen LogP contribution in [0.3, 0.4) is 0 Å². The molecule has 0 amide bonds. The Bertz CT molecular complexity index is 1270. The Morgan fingerprint density at radius 1 is 1.21 bits per heavy atom. The summed E-state index contributed by atoms with van der Waals surface area (Å²) in [7, 11) is 0. The zero-order valence-electron chi connectivity index (χ0n) is 15.8. The van der Waals surface area contributed by atoms with E-state index in [1.165, 1.54) is 28.7 Å². The summed E-state index contributed by atoms with van der Waals surface area (Å²) in [5, 5.41) is 17.2. The van der Waals surface area contributed by atoms with Crippen LogP contribution in [0.2, 0.25) is 0 Å². The van der Waals surface area contributed by atoms with Crippen molar-refractivity contribution in [2.75, 3.05) is 12.8 Å². The van der Waals surface area contributed by atoms with E-state index in [1.807, 2.05) is 17.0 Å². The minimum absolute atomic E-state index is 0. The molecule has 1 aliphatic carbocycles. The molecule has 0 atom stereocenters. The summed E-state index contributed by atoms with van der Waals surface area (Å²) in [6.45, 7) is 0.666. The lowest BCUT2D eigenvalue weighted by Crippen LogP contribution is -2.19. The molecule has 2 aromatic carbocycles. The van der Waals surface area contributed by atoms with Crippen LogP contribution in [0.5, 0.6) is 5.75 Å². The van der Waals surface area contributed by atoms with E-state index in [0.29, 0.717) is 11.9 Å². The first-order valence-corrected chi connectivity index (χ1v) is 11.4. The van der Waals surface area contributed by atoms with Gasteiger partial charge in [-0.1, -0.05) is 24.3 Å². The van der Waals surface area contributed by atoms with Gasteiger partial charge in [-0.2, -0.15) is 11.3 Å². The van der Waals surface area contributed by atoms with Crippen molar-refractivity contribution < 1.29 is 5.11 Å². The van der Waals surface area contributed by atoms with Crippen LogP contribution in [-0.4, -0.2) is 22.9 Å². The number of phenols is 1. The number of rotatable bonds is 4. The maximum atomic E-state index is 12.5. The van der Waals surface area contributed by atoms with Crippen molar-refractivity contribution in [2.45, 2.75) is 23.2 Å². The molecule has 5 rings (SSSR count). The highest BCUT2D eigenvalue weighted by Gasteiger charge is 2.42. The van der Waals surface area contributed by atoms with Gasteiger partial charge in [-0.05, 0) is 41.7 Å². The fraction of sp³-hybridized carbons (Fsp3) is 0.227. The van der Waals surface area contributed by atoms with Gasteiger partial charge in [0.15, 0.2) is 0 Å². The lowest BCUT2D eigenvalue weighted by Gasteiger charge is -2.16. The predicted molar refractivity (Wildman–Crippen MR) is 126 cm³/mol. The van der Waals surface area contributed by atoms with Gasteiger partial charge in [0.2, 0.25) is 0 Å². The number of halogens is 1. The zero-order valence-corrected chi connectivity index (χ0v) is 18.3. The number of nitrogens with two attached hydrogens (primary N) is 1. The van der Waals surface area contributed by atoms with Gasteiger partial charge in [0.05, 0.1) is 10.9 Å². The molecule has 2 aromatic heterocycles. The van der Waals surface area contributed by atoms with Gasteiger partial charge >= 0.3 is 0 Å². The van der Waals surface area contributed by atoms with Gasteiger partial charge in [-0.15, -0.1) is 24.2 Å². The van der Waals surface area contributed by atoms with Crippen LogP contribution < -0.4 is 11.3 Å². The summed E-state index contributed by atoms with van der Waals surface area (Å²) in [6, 6.07) is 10.1. The van der Waals surface area contributed by atoms with Crippen molar-refractivity contribution in [3.05, 3.63) is 57.0 Å². The van der Waals surface area contributed by atoms with E-state index in [9.17, 15) is 9.90 Å². The molecule has 150 valence electrons.